The van der Waals surface area contributed by atoms with Crippen LogP contribution in [0.5, 0.6) is 5.75 Å². The van der Waals surface area contributed by atoms with Gasteiger partial charge < -0.3 is 20.1 Å². The Morgan fingerprint density at radius 3 is 2.75 bits per heavy atom. The molecule has 0 unspecified atom stereocenters. The first-order valence-electron chi connectivity index (χ1n) is 9.85. The van der Waals surface area contributed by atoms with E-state index in [1.165, 1.54) is 11.1 Å². The van der Waals surface area contributed by atoms with Gasteiger partial charge in [-0.3, -0.25) is 4.68 Å². The van der Waals surface area contributed by atoms with Crippen molar-refractivity contribution in [2.24, 2.45) is 4.99 Å². The second kappa shape index (κ2) is 12.0. The molecule has 1 aromatic heterocycles. The predicted molar refractivity (Wildman–Crippen MR) is 113 cm³/mol. The van der Waals surface area contributed by atoms with Gasteiger partial charge in [-0.05, 0) is 44.4 Å². The third kappa shape index (κ3) is 7.60. The molecule has 0 saturated carbocycles. The smallest absolute Gasteiger partial charge is 0.191 e. The molecule has 0 aliphatic heterocycles. The van der Waals surface area contributed by atoms with Gasteiger partial charge in [0.25, 0.3) is 0 Å². The van der Waals surface area contributed by atoms with Gasteiger partial charge in [0.15, 0.2) is 5.96 Å². The summed E-state index contributed by atoms with van der Waals surface area (Å²) in [6.45, 7) is 10.4. The van der Waals surface area contributed by atoms with Crippen molar-refractivity contribution in [3.8, 4) is 5.75 Å². The van der Waals surface area contributed by atoms with Crippen LogP contribution in [0.4, 0.5) is 0 Å². The van der Waals surface area contributed by atoms with Gasteiger partial charge in [-0.15, -0.1) is 0 Å². The van der Waals surface area contributed by atoms with Gasteiger partial charge in [-0.2, -0.15) is 5.10 Å². The molecule has 1 heterocycles. The van der Waals surface area contributed by atoms with Crippen LogP contribution in [0.25, 0.3) is 0 Å². The van der Waals surface area contributed by atoms with Crippen LogP contribution in [0.15, 0.2) is 35.6 Å². The first-order chi connectivity index (χ1) is 13.6. The largest absolute Gasteiger partial charge is 0.491 e. The fourth-order valence-electron chi connectivity index (χ4n) is 2.70. The lowest BCUT2D eigenvalue weighted by atomic mass is 10.1. The molecule has 0 saturated heterocycles. The Balaban J connectivity index is 1.90. The lowest BCUT2D eigenvalue weighted by Gasteiger charge is -2.13. The summed E-state index contributed by atoms with van der Waals surface area (Å²) in [5.41, 5.74) is 3.41. The fraction of sp³-hybridized carbons (Fsp3) is 0.524. The fourth-order valence-corrected chi connectivity index (χ4v) is 2.70. The van der Waals surface area contributed by atoms with Crippen molar-refractivity contribution in [3.63, 3.8) is 0 Å². The van der Waals surface area contributed by atoms with Gasteiger partial charge in [0.2, 0.25) is 0 Å². The summed E-state index contributed by atoms with van der Waals surface area (Å²) in [4.78, 5) is 4.71. The summed E-state index contributed by atoms with van der Waals surface area (Å²) in [6, 6.07) is 6.21. The summed E-state index contributed by atoms with van der Waals surface area (Å²) >= 11 is 0. The molecule has 28 heavy (non-hydrogen) atoms. The van der Waals surface area contributed by atoms with E-state index in [1.54, 1.807) is 7.11 Å². The average molecular weight is 388 g/mol. The number of nitrogens with one attached hydrogen (secondary N) is 2. The Kier molecular flexibility index (Phi) is 9.34. The Hall–Kier alpha value is -2.54. The molecule has 0 aliphatic carbocycles. The van der Waals surface area contributed by atoms with Crippen LogP contribution < -0.4 is 15.4 Å². The quantitative estimate of drug-likeness (QED) is 0.352. The van der Waals surface area contributed by atoms with E-state index in [1.807, 2.05) is 16.9 Å². The molecule has 2 N–H and O–H groups in total. The Labute approximate surface area is 168 Å². The van der Waals surface area contributed by atoms with E-state index in [4.69, 9.17) is 14.5 Å². The second-order valence-electron chi connectivity index (χ2n) is 6.71. The van der Waals surface area contributed by atoms with Crippen molar-refractivity contribution >= 4 is 5.96 Å². The number of aliphatic imine (C=N–C) groups is 1. The van der Waals surface area contributed by atoms with Crippen LogP contribution in [0.3, 0.4) is 0 Å². The second-order valence-corrected chi connectivity index (χ2v) is 6.71. The topological polar surface area (TPSA) is 72.7 Å². The zero-order valence-corrected chi connectivity index (χ0v) is 17.5. The molecular weight excluding hydrogens is 354 g/mol. The van der Waals surface area contributed by atoms with Gasteiger partial charge in [-0.25, -0.2) is 4.99 Å². The van der Waals surface area contributed by atoms with Crippen molar-refractivity contribution in [2.75, 3.05) is 33.4 Å². The zero-order valence-electron chi connectivity index (χ0n) is 17.5. The van der Waals surface area contributed by atoms with Crippen molar-refractivity contribution < 1.29 is 9.47 Å². The molecule has 0 radical (unpaired) electrons. The molecule has 0 aliphatic rings. The maximum Gasteiger partial charge on any atom is 0.191 e. The number of aryl methyl sites for hydroxylation is 3. The molecule has 154 valence electrons. The minimum absolute atomic E-state index is 0.530. The zero-order chi connectivity index (χ0) is 20.2. The Morgan fingerprint density at radius 2 is 2.04 bits per heavy atom. The van der Waals surface area contributed by atoms with E-state index in [0.29, 0.717) is 19.8 Å². The molecule has 7 heteroatoms. The Bertz CT molecular complexity index is 742. The number of benzene rings is 1. The first-order valence-corrected chi connectivity index (χ1v) is 9.85. The normalized spacial score (nSPS) is 11.5. The standard InChI is InChI=1S/C21H33N5O2/c1-5-22-21(23-9-6-10-26-16-18(3)14-25-26)24-15-19-8-7-17(2)13-20(19)28-12-11-27-4/h7-8,13-14,16H,5-6,9-12,15H2,1-4H3,(H2,22,23,24). The summed E-state index contributed by atoms with van der Waals surface area (Å²) < 4.78 is 12.9. The minimum Gasteiger partial charge on any atom is -0.491 e. The minimum atomic E-state index is 0.530. The van der Waals surface area contributed by atoms with E-state index in [0.717, 1.165) is 43.3 Å². The van der Waals surface area contributed by atoms with E-state index in [9.17, 15) is 0 Å². The monoisotopic (exact) mass is 387 g/mol. The lowest BCUT2D eigenvalue weighted by Crippen LogP contribution is -2.38. The van der Waals surface area contributed by atoms with Gasteiger partial charge >= 0.3 is 0 Å². The number of ether oxygens (including phenoxy) is 2. The van der Waals surface area contributed by atoms with E-state index in [-0.39, 0.29) is 0 Å². The van der Waals surface area contributed by atoms with Crippen molar-refractivity contribution in [2.45, 2.75) is 40.3 Å². The molecule has 7 nitrogen and oxygen atoms in total. The van der Waals surface area contributed by atoms with Crippen molar-refractivity contribution in [1.29, 1.82) is 0 Å². The summed E-state index contributed by atoms with van der Waals surface area (Å²) in [5.74, 6) is 1.67. The number of hydrogen-bond donors (Lipinski definition) is 2. The summed E-state index contributed by atoms with van der Waals surface area (Å²) in [6.07, 6.45) is 4.91. The average Bonchev–Trinajstić information content (AvgIpc) is 3.09. The van der Waals surface area contributed by atoms with Crippen LogP contribution in [-0.2, 0) is 17.8 Å². The SMILES string of the molecule is CCNC(=NCc1ccc(C)cc1OCCOC)NCCCn1cc(C)cn1. The maximum atomic E-state index is 5.86. The molecule has 2 rings (SSSR count). The molecule has 2 aromatic rings. The highest BCUT2D eigenvalue weighted by Crippen LogP contribution is 2.21. The number of rotatable bonds is 11. The number of nitrogens with zero attached hydrogens (tertiary/aromatic N) is 3. The van der Waals surface area contributed by atoms with Gasteiger partial charge in [0.1, 0.15) is 12.4 Å². The predicted octanol–water partition coefficient (Wildman–Crippen LogP) is 2.67. The van der Waals surface area contributed by atoms with Crippen LogP contribution >= 0.6 is 0 Å². The summed E-state index contributed by atoms with van der Waals surface area (Å²) in [7, 11) is 1.67. The van der Waals surface area contributed by atoms with Crippen LogP contribution in [0.2, 0.25) is 0 Å². The van der Waals surface area contributed by atoms with Crippen LogP contribution in [0.1, 0.15) is 30.0 Å². The highest BCUT2D eigenvalue weighted by Gasteiger charge is 2.05. The van der Waals surface area contributed by atoms with E-state index >= 15 is 0 Å². The lowest BCUT2D eigenvalue weighted by molar-refractivity contribution is 0.145. The highest BCUT2D eigenvalue weighted by molar-refractivity contribution is 5.79. The highest BCUT2D eigenvalue weighted by atomic mass is 16.5. The van der Waals surface area contributed by atoms with Crippen molar-refractivity contribution in [1.82, 2.24) is 20.4 Å². The number of methoxy groups -OCH3 is 1. The Morgan fingerprint density at radius 1 is 1.18 bits per heavy atom. The first kappa shape index (κ1) is 21.8. The third-order valence-corrected chi connectivity index (χ3v) is 4.14. The third-order valence-electron chi connectivity index (χ3n) is 4.14. The molecule has 0 spiro atoms. The van der Waals surface area contributed by atoms with Crippen LogP contribution in [-0.4, -0.2) is 49.2 Å². The molecule has 0 fully saturated rings. The number of hydrogen-bond acceptors (Lipinski definition) is 4. The molecule has 0 bridgehead atoms. The van der Waals surface area contributed by atoms with Crippen LogP contribution in [0, 0.1) is 13.8 Å². The summed E-state index contributed by atoms with van der Waals surface area (Å²) in [5, 5.41) is 11.0. The molecule has 1 aromatic carbocycles. The molecule has 0 atom stereocenters. The molecular formula is C21H33N5O2. The van der Waals surface area contributed by atoms with Gasteiger partial charge in [-0.1, -0.05) is 12.1 Å². The number of guanidine groups is 1. The van der Waals surface area contributed by atoms with Crippen molar-refractivity contribution in [3.05, 3.63) is 47.3 Å². The van der Waals surface area contributed by atoms with Gasteiger partial charge in [0.05, 0.1) is 19.3 Å². The molecule has 0 amide bonds. The van der Waals surface area contributed by atoms with E-state index in [2.05, 4.69) is 54.8 Å². The van der Waals surface area contributed by atoms with Gasteiger partial charge in [0, 0.05) is 38.5 Å². The number of aromatic nitrogens is 2. The maximum absolute atomic E-state index is 5.86. The van der Waals surface area contributed by atoms with E-state index < -0.39 is 0 Å².